The number of halogens is 3. The van der Waals surface area contributed by atoms with Crippen molar-refractivity contribution >= 4 is 23.1 Å². The molecule has 1 saturated carbocycles. The fourth-order valence-corrected chi connectivity index (χ4v) is 3.23. The Morgan fingerprint density at radius 3 is 2.14 bits per heavy atom. The van der Waals surface area contributed by atoms with E-state index in [4.69, 9.17) is 18.0 Å². The van der Waals surface area contributed by atoms with E-state index in [1.807, 2.05) is 0 Å². The monoisotopic (exact) mass is 324 g/mol. The molecular formula is C14H23F3N2OS. The Hall–Kier alpha value is -0.850. The fraction of sp³-hybridized carbons (Fsp3) is 0.857. The third kappa shape index (κ3) is 4.83. The van der Waals surface area contributed by atoms with Crippen molar-refractivity contribution in [2.45, 2.75) is 58.0 Å². The molecule has 1 aliphatic carbocycles. The van der Waals surface area contributed by atoms with E-state index < -0.39 is 24.0 Å². The summed E-state index contributed by atoms with van der Waals surface area (Å²) in [5.74, 6) is -0.545. The minimum absolute atomic E-state index is 0.0395. The van der Waals surface area contributed by atoms with Crippen LogP contribution in [0.2, 0.25) is 0 Å². The van der Waals surface area contributed by atoms with Gasteiger partial charge in [0.15, 0.2) is 0 Å². The van der Waals surface area contributed by atoms with Crippen LogP contribution in [0.25, 0.3) is 0 Å². The molecule has 0 heterocycles. The minimum atomic E-state index is -4.41. The lowest BCUT2D eigenvalue weighted by Crippen LogP contribution is -2.52. The predicted molar refractivity (Wildman–Crippen MR) is 79.8 cm³/mol. The lowest BCUT2D eigenvalue weighted by molar-refractivity contribution is -0.166. The van der Waals surface area contributed by atoms with Crippen LogP contribution < -0.4 is 5.73 Å². The summed E-state index contributed by atoms with van der Waals surface area (Å²) in [7, 11) is 0. The third-order valence-electron chi connectivity index (χ3n) is 3.99. The number of hydrogen-bond donors (Lipinski definition) is 1. The first kappa shape index (κ1) is 18.2. The largest absolute Gasteiger partial charge is 0.406 e. The maximum atomic E-state index is 12.7. The molecule has 1 rings (SSSR count). The maximum absolute atomic E-state index is 12.7. The maximum Gasteiger partial charge on any atom is 0.406 e. The van der Waals surface area contributed by atoms with E-state index in [0.29, 0.717) is 19.3 Å². The molecule has 0 aliphatic heterocycles. The van der Waals surface area contributed by atoms with Crippen molar-refractivity contribution in [2.24, 2.45) is 11.1 Å². The van der Waals surface area contributed by atoms with Crippen molar-refractivity contribution in [3.05, 3.63) is 0 Å². The normalized spacial score (nSPS) is 18.9. The van der Waals surface area contributed by atoms with Crippen molar-refractivity contribution in [3.63, 3.8) is 0 Å². The zero-order chi connectivity index (χ0) is 16.1. The quantitative estimate of drug-likeness (QED) is 0.623. The minimum Gasteiger partial charge on any atom is -0.392 e. The molecule has 1 aliphatic rings. The highest BCUT2D eigenvalue weighted by atomic mass is 32.1. The smallest absolute Gasteiger partial charge is 0.392 e. The Kier molecular flexibility index (Phi) is 6.43. The van der Waals surface area contributed by atoms with Gasteiger partial charge in [-0.3, -0.25) is 4.79 Å². The first-order chi connectivity index (χ1) is 9.73. The van der Waals surface area contributed by atoms with E-state index in [9.17, 15) is 18.0 Å². The molecule has 7 heteroatoms. The molecule has 0 spiro atoms. The molecule has 1 amide bonds. The number of rotatable bonds is 5. The number of hydrogen-bond acceptors (Lipinski definition) is 2. The molecule has 0 aromatic heterocycles. The van der Waals surface area contributed by atoms with Gasteiger partial charge in [0.1, 0.15) is 6.54 Å². The lowest BCUT2D eigenvalue weighted by atomic mass is 9.78. The number of amides is 1. The summed E-state index contributed by atoms with van der Waals surface area (Å²) >= 11 is 5.06. The van der Waals surface area contributed by atoms with Crippen LogP contribution in [0, 0.1) is 5.41 Å². The molecule has 2 N–H and O–H groups in total. The van der Waals surface area contributed by atoms with Crippen molar-refractivity contribution in [2.75, 3.05) is 13.1 Å². The summed E-state index contributed by atoms with van der Waals surface area (Å²) in [5, 5.41) is 0. The van der Waals surface area contributed by atoms with Crippen LogP contribution in [0.5, 0.6) is 0 Å². The van der Waals surface area contributed by atoms with Gasteiger partial charge in [-0.2, -0.15) is 13.2 Å². The highest BCUT2D eigenvalue weighted by molar-refractivity contribution is 7.80. The topological polar surface area (TPSA) is 46.3 Å². The summed E-state index contributed by atoms with van der Waals surface area (Å²) in [5.41, 5.74) is 4.68. The summed E-state index contributed by atoms with van der Waals surface area (Å²) < 4.78 is 38.1. The van der Waals surface area contributed by atoms with E-state index in [-0.39, 0.29) is 11.5 Å². The molecule has 0 saturated heterocycles. The van der Waals surface area contributed by atoms with E-state index in [1.54, 1.807) is 6.92 Å². The van der Waals surface area contributed by atoms with Crippen LogP contribution in [-0.4, -0.2) is 35.1 Å². The molecule has 0 bridgehead atoms. The van der Waals surface area contributed by atoms with Gasteiger partial charge in [-0.25, -0.2) is 0 Å². The van der Waals surface area contributed by atoms with Gasteiger partial charge in [0.05, 0.1) is 10.4 Å². The average Bonchev–Trinajstić information content (AvgIpc) is 2.62. The van der Waals surface area contributed by atoms with Gasteiger partial charge in [-0.05, 0) is 19.3 Å². The van der Waals surface area contributed by atoms with Crippen molar-refractivity contribution in [1.29, 1.82) is 0 Å². The number of nitrogens with two attached hydrogens (primary N) is 1. The highest BCUT2D eigenvalue weighted by Crippen LogP contribution is 2.38. The molecule has 122 valence electrons. The van der Waals surface area contributed by atoms with Crippen LogP contribution in [-0.2, 0) is 4.79 Å². The molecule has 0 atom stereocenters. The average molecular weight is 324 g/mol. The van der Waals surface area contributed by atoms with E-state index in [0.717, 1.165) is 30.6 Å². The van der Waals surface area contributed by atoms with Crippen molar-refractivity contribution in [3.8, 4) is 0 Å². The highest BCUT2D eigenvalue weighted by Gasteiger charge is 2.46. The van der Waals surface area contributed by atoms with Gasteiger partial charge < -0.3 is 10.6 Å². The number of nitrogens with zero attached hydrogens (tertiary/aromatic N) is 1. The Morgan fingerprint density at radius 1 is 1.24 bits per heavy atom. The van der Waals surface area contributed by atoms with Crippen LogP contribution in [0.3, 0.4) is 0 Å². The third-order valence-corrected chi connectivity index (χ3v) is 4.38. The molecule has 0 radical (unpaired) electrons. The number of thiocarbonyl (C=S) groups is 1. The Morgan fingerprint density at radius 2 is 1.76 bits per heavy atom. The van der Waals surface area contributed by atoms with Gasteiger partial charge in [0.25, 0.3) is 0 Å². The molecule has 21 heavy (non-hydrogen) atoms. The standard InChI is InChI=1S/C14H23F3N2OS/c1-2-9-19(10-14(15,16)17)12(20)13(11(18)21)7-5-3-4-6-8-13/h2-10H2,1H3,(H2,18,21). The molecule has 0 unspecified atom stereocenters. The van der Waals surface area contributed by atoms with Gasteiger partial charge in [0.2, 0.25) is 5.91 Å². The van der Waals surface area contributed by atoms with Gasteiger partial charge in [0, 0.05) is 6.54 Å². The van der Waals surface area contributed by atoms with Crippen molar-refractivity contribution < 1.29 is 18.0 Å². The molecule has 0 aromatic rings. The second-order valence-corrected chi connectivity index (χ2v) is 6.14. The second kappa shape index (κ2) is 7.42. The fourth-order valence-electron chi connectivity index (χ4n) is 2.94. The SMILES string of the molecule is CCCN(CC(F)(F)F)C(=O)C1(C(N)=S)CCCCCC1. The number of carbonyl (C=O) groups excluding carboxylic acids is 1. The van der Waals surface area contributed by atoms with Crippen LogP contribution in [0.4, 0.5) is 13.2 Å². The Bertz CT molecular complexity index is 377. The molecular weight excluding hydrogens is 301 g/mol. The van der Waals surface area contributed by atoms with Crippen LogP contribution >= 0.6 is 12.2 Å². The van der Waals surface area contributed by atoms with E-state index in [1.165, 1.54) is 0 Å². The summed E-state index contributed by atoms with van der Waals surface area (Å²) in [6.45, 7) is 0.587. The van der Waals surface area contributed by atoms with Gasteiger partial charge >= 0.3 is 6.18 Å². The lowest BCUT2D eigenvalue weighted by Gasteiger charge is -2.36. The van der Waals surface area contributed by atoms with Gasteiger partial charge in [-0.15, -0.1) is 0 Å². The molecule has 3 nitrogen and oxygen atoms in total. The second-order valence-electron chi connectivity index (χ2n) is 5.70. The first-order valence-electron chi connectivity index (χ1n) is 7.39. The zero-order valence-corrected chi connectivity index (χ0v) is 13.2. The first-order valence-corrected chi connectivity index (χ1v) is 7.80. The van der Waals surface area contributed by atoms with Gasteiger partial charge in [-0.1, -0.05) is 44.8 Å². The molecule has 1 fully saturated rings. The number of alkyl halides is 3. The molecule has 0 aromatic carbocycles. The van der Waals surface area contributed by atoms with E-state index in [2.05, 4.69) is 0 Å². The van der Waals surface area contributed by atoms with E-state index >= 15 is 0 Å². The Balaban J connectivity index is 3.03. The van der Waals surface area contributed by atoms with Crippen molar-refractivity contribution in [1.82, 2.24) is 4.90 Å². The zero-order valence-electron chi connectivity index (χ0n) is 12.3. The Labute approximate surface area is 129 Å². The van der Waals surface area contributed by atoms with Crippen LogP contribution in [0.15, 0.2) is 0 Å². The van der Waals surface area contributed by atoms with Crippen LogP contribution in [0.1, 0.15) is 51.9 Å². The number of carbonyl (C=O) groups is 1. The summed E-state index contributed by atoms with van der Waals surface area (Å²) in [6, 6.07) is 0. The predicted octanol–water partition coefficient (Wildman–Crippen LogP) is 3.41. The summed E-state index contributed by atoms with van der Waals surface area (Å²) in [6.07, 6.45) is 0.445. The summed E-state index contributed by atoms with van der Waals surface area (Å²) in [4.78, 5) is 13.7.